The Balaban J connectivity index is 1.59. The van der Waals surface area contributed by atoms with Gasteiger partial charge in [-0.3, -0.25) is 14.5 Å². The summed E-state index contributed by atoms with van der Waals surface area (Å²) in [5.74, 6) is -1.45. The molecule has 3 aromatic carbocycles. The first-order valence-electron chi connectivity index (χ1n) is 11.8. The minimum Gasteiger partial charge on any atom is -0.507 e. The molecule has 8 nitrogen and oxygen atoms in total. The normalized spacial score (nSPS) is 16.5. The number of ketones is 1. The molecule has 204 valence electrons. The lowest BCUT2D eigenvalue weighted by molar-refractivity contribution is -0.132. The second-order valence-corrected chi connectivity index (χ2v) is 12.3. The molecular formula is C28H21BrClN3O5S2. The smallest absolute Gasteiger partial charge is 0.301 e. The zero-order chi connectivity index (χ0) is 28.6. The summed E-state index contributed by atoms with van der Waals surface area (Å²) in [5.41, 5.74) is 2.69. The summed E-state index contributed by atoms with van der Waals surface area (Å²) in [6, 6.07) is 16.4. The van der Waals surface area contributed by atoms with E-state index in [-0.39, 0.29) is 28.0 Å². The number of aromatic hydroxyl groups is 1. The monoisotopic (exact) mass is 657 g/mol. The van der Waals surface area contributed by atoms with Gasteiger partial charge in [-0.15, -0.1) is 10.2 Å². The molecule has 0 spiro atoms. The van der Waals surface area contributed by atoms with Crippen molar-refractivity contribution in [3.05, 3.63) is 98.0 Å². The summed E-state index contributed by atoms with van der Waals surface area (Å²) < 4.78 is 6.20. The van der Waals surface area contributed by atoms with Gasteiger partial charge in [0.15, 0.2) is 15.8 Å². The van der Waals surface area contributed by atoms with Gasteiger partial charge >= 0.3 is 5.91 Å². The minimum absolute atomic E-state index is 0.112. The molecule has 40 heavy (non-hydrogen) atoms. The fourth-order valence-corrected chi connectivity index (χ4v) is 6.61. The van der Waals surface area contributed by atoms with Crippen LogP contribution in [0.25, 0.3) is 5.76 Å². The van der Waals surface area contributed by atoms with Crippen LogP contribution in [0.3, 0.4) is 0 Å². The Morgan fingerprint density at radius 2 is 1.82 bits per heavy atom. The standard InChI is InChI=1S/C28H21BrClN3O5S2/c1-14-3-7-16(8-4-14)23(34)21-22(17-11-19(29)24(35)20(12-17)38-2)33(26(37)25(21)36)27-31-32-28(40-27)39-13-15-5-9-18(30)10-6-15/h3-12,22,34-35H,13H2,1-2H3/b23-21-. The number of hydrogen-bond donors (Lipinski definition) is 2. The van der Waals surface area contributed by atoms with Crippen molar-refractivity contribution in [3.8, 4) is 11.5 Å². The molecule has 1 aliphatic rings. The molecule has 4 aromatic rings. The molecule has 1 saturated heterocycles. The van der Waals surface area contributed by atoms with E-state index in [0.717, 1.165) is 22.5 Å². The van der Waals surface area contributed by atoms with Crippen LogP contribution in [0.4, 0.5) is 5.13 Å². The zero-order valence-electron chi connectivity index (χ0n) is 21.1. The Morgan fingerprint density at radius 1 is 1.12 bits per heavy atom. The predicted octanol–water partition coefficient (Wildman–Crippen LogP) is 6.90. The summed E-state index contributed by atoms with van der Waals surface area (Å²) >= 11 is 11.9. The number of aryl methyl sites for hydroxylation is 1. The number of hydrogen-bond acceptors (Lipinski definition) is 9. The number of nitrogens with zero attached hydrogens (tertiary/aromatic N) is 3. The lowest BCUT2D eigenvalue weighted by Crippen LogP contribution is -2.29. The highest BCUT2D eigenvalue weighted by Gasteiger charge is 2.48. The van der Waals surface area contributed by atoms with E-state index in [9.17, 15) is 19.8 Å². The molecule has 1 fully saturated rings. The number of Topliss-reactive ketones (excluding diaryl/α,β-unsaturated/α-hetero) is 1. The van der Waals surface area contributed by atoms with Crippen LogP contribution in [0.2, 0.25) is 5.02 Å². The van der Waals surface area contributed by atoms with Crippen molar-refractivity contribution in [2.75, 3.05) is 12.0 Å². The van der Waals surface area contributed by atoms with Crippen LogP contribution in [-0.4, -0.2) is 39.2 Å². The van der Waals surface area contributed by atoms with Gasteiger partial charge in [0.25, 0.3) is 5.78 Å². The molecule has 0 bridgehead atoms. The first-order valence-corrected chi connectivity index (χ1v) is 14.8. The predicted molar refractivity (Wildman–Crippen MR) is 159 cm³/mol. The van der Waals surface area contributed by atoms with Crippen molar-refractivity contribution in [1.29, 1.82) is 0 Å². The number of aromatic nitrogens is 2. The van der Waals surface area contributed by atoms with E-state index < -0.39 is 17.7 Å². The van der Waals surface area contributed by atoms with Crippen LogP contribution in [0.5, 0.6) is 11.5 Å². The van der Waals surface area contributed by atoms with Gasteiger partial charge in [0.1, 0.15) is 5.76 Å². The molecule has 0 radical (unpaired) electrons. The van der Waals surface area contributed by atoms with Crippen molar-refractivity contribution >= 4 is 73.2 Å². The number of carbonyl (C=O) groups is 2. The van der Waals surface area contributed by atoms with E-state index >= 15 is 0 Å². The van der Waals surface area contributed by atoms with E-state index in [1.54, 1.807) is 42.5 Å². The minimum atomic E-state index is -1.06. The number of ether oxygens (including phenoxy) is 1. The molecule has 5 rings (SSSR count). The van der Waals surface area contributed by atoms with Crippen molar-refractivity contribution in [2.45, 2.75) is 23.1 Å². The van der Waals surface area contributed by atoms with Crippen molar-refractivity contribution in [1.82, 2.24) is 10.2 Å². The Hall–Kier alpha value is -3.38. The summed E-state index contributed by atoms with van der Waals surface area (Å²) in [6.45, 7) is 1.90. The number of anilines is 1. The fourth-order valence-electron chi connectivity index (χ4n) is 4.20. The number of rotatable bonds is 7. The third-order valence-electron chi connectivity index (χ3n) is 6.23. The summed E-state index contributed by atoms with van der Waals surface area (Å²) in [6.07, 6.45) is 0. The first-order chi connectivity index (χ1) is 19.2. The topological polar surface area (TPSA) is 113 Å². The molecular weight excluding hydrogens is 638 g/mol. The molecule has 2 N–H and O–H groups in total. The number of carbonyl (C=O) groups excluding carboxylic acids is 2. The average molecular weight is 659 g/mol. The molecule has 1 aromatic heterocycles. The highest BCUT2D eigenvalue weighted by Crippen LogP contribution is 2.47. The molecule has 0 aliphatic carbocycles. The van der Waals surface area contributed by atoms with Crippen LogP contribution in [0.1, 0.15) is 28.3 Å². The summed E-state index contributed by atoms with van der Waals surface area (Å²) in [4.78, 5) is 28.1. The number of aliphatic hydroxyl groups excluding tert-OH is 1. The quantitative estimate of drug-likeness (QED) is 0.0726. The Bertz CT molecular complexity index is 1640. The van der Waals surface area contributed by atoms with Gasteiger partial charge in [0.05, 0.1) is 23.2 Å². The van der Waals surface area contributed by atoms with Gasteiger partial charge < -0.3 is 14.9 Å². The third-order valence-corrected chi connectivity index (χ3v) is 9.22. The van der Waals surface area contributed by atoms with Crippen LogP contribution in [0.15, 0.2) is 75.0 Å². The van der Waals surface area contributed by atoms with Gasteiger partial charge in [-0.05, 0) is 58.2 Å². The molecule has 12 heteroatoms. The zero-order valence-corrected chi connectivity index (χ0v) is 25.1. The van der Waals surface area contributed by atoms with Gasteiger partial charge in [0, 0.05) is 16.3 Å². The lowest BCUT2D eigenvalue weighted by Gasteiger charge is -2.23. The number of phenolic OH excluding ortho intramolecular Hbond substituents is 1. The van der Waals surface area contributed by atoms with Gasteiger partial charge in [-0.1, -0.05) is 76.7 Å². The molecule has 1 aliphatic heterocycles. The van der Waals surface area contributed by atoms with Crippen LogP contribution in [-0.2, 0) is 15.3 Å². The molecule has 1 amide bonds. The summed E-state index contributed by atoms with van der Waals surface area (Å²) in [7, 11) is 1.39. The number of methoxy groups -OCH3 is 1. The average Bonchev–Trinajstić information content (AvgIpc) is 3.51. The molecule has 0 saturated carbocycles. The third kappa shape index (κ3) is 5.46. The highest BCUT2D eigenvalue weighted by molar-refractivity contribution is 9.10. The van der Waals surface area contributed by atoms with E-state index in [4.69, 9.17) is 16.3 Å². The Labute approximate surface area is 251 Å². The SMILES string of the molecule is COc1cc(C2/C(=C(/O)c3ccc(C)cc3)C(=O)C(=O)N2c2nnc(SCc3ccc(Cl)cc3)s2)cc(Br)c1O. The van der Waals surface area contributed by atoms with Gasteiger partial charge in [0.2, 0.25) is 5.13 Å². The lowest BCUT2D eigenvalue weighted by atomic mass is 9.95. The Kier molecular flexibility index (Phi) is 8.18. The van der Waals surface area contributed by atoms with Crippen molar-refractivity contribution in [2.24, 2.45) is 0 Å². The number of benzene rings is 3. The number of thioether (sulfide) groups is 1. The Morgan fingerprint density at radius 3 is 2.50 bits per heavy atom. The van der Waals surface area contributed by atoms with Crippen LogP contribution in [0, 0.1) is 6.92 Å². The van der Waals surface area contributed by atoms with E-state index in [1.165, 1.54) is 29.8 Å². The number of aliphatic hydroxyl groups is 1. The van der Waals surface area contributed by atoms with Crippen molar-refractivity contribution < 1.29 is 24.5 Å². The number of amides is 1. The maximum absolute atomic E-state index is 13.5. The van der Waals surface area contributed by atoms with Gasteiger partial charge in [-0.2, -0.15) is 0 Å². The van der Waals surface area contributed by atoms with Gasteiger partial charge in [-0.25, -0.2) is 0 Å². The summed E-state index contributed by atoms with van der Waals surface area (Å²) in [5, 5.41) is 31.0. The highest BCUT2D eigenvalue weighted by atomic mass is 79.9. The molecule has 1 atom stereocenters. The fraction of sp³-hybridized carbons (Fsp3) is 0.143. The van der Waals surface area contributed by atoms with E-state index in [0.29, 0.717) is 30.7 Å². The second-order valence-electron chi connectivity index (χ2n) is 8.85. The second kappa shape index (κ2) is 11.6. The molecule has 1 unspecified atom stereocenters. The largest absolute Gasteiger partial charge is 0.507 e. The van der Waals surface area contributed by atoms with E-state index in [2.05, 4.69) is 26.1 Å². The van der Waals surface area contributed by atoms with E-state index in [1.807, 2.05) is 19.1 Å². The van der Waals surface area contributed by atoms with Crippen LogP contribution < -0.4 is 9.64 Å². The van der Waals surface area contributed by atoms with Crippen molar-refractivity contribution in [3.63, 3.8) is 0 Å². The maximum atomic E-state index is 13.5. The van der Waals surface area contributed by atoms with Crippen LogP contribution >= 0.6 is 50.6 Å². The number of halogens is 2. The first kappa shape index (κ1) is 28.2. The number of phenols is 1. The maximum Gasteiger partial charge on any atom is 0.301 e. The molecule has 2 heterocycles.